The lowest BCUT2D eigenvalue weighted by Crippen LogP contribution is -2.78. The molecule has 2 bridgehead atoms. The van der Waals surface area contributed by atoms with Crippen molar-refractivity contribution in [1.82, 2.24) is 9.80 Å². The number of hydrogen-bond donors (Lipinski definition) is 1. The Morgan fingerprint density at radius 2 is 1.95 bits per heavy atom. The first kappa shape index (κ1) is 28.0. The fourth-order valence-corrected chi connectivity index (χ4v) is 8.61. The van der Waals surface area contributed by atoms with Crippen LogP contribution in [0, 0.1) is 11.8 Å². The molecular formula is C34H39F3N2O3. The van der Waals surface area contributed by atoms with Gasteiger partial charge in [0.25, 0.3) is 0 Å². The van der Waals surface area contributed by atoms with Crippen LogP contribution < -0.4 is 4.74 Å². The van der Waals surface area contributed by atoms with E-state index in [9.17, 15) is 23.1 Å². The maximum absolute atomic E-state index is 13.9. The van der Waals surface area contributed by atoms with Crippen molar-refractivity contribution in [3.8, 4) is 5.75 Å². The molecule has 8 heteroatoms. The van der Waals surface area contributed by atoms with Gasteiger partial charge in [0.2, 0.25) is 5.91 Å². The first-order valence-corrected chi connectivity index (χ1v) is 15.4. The molecule has 7 rings (SSSR count). The molecule has 5 atom stereocenters. The molecule has 3 aliphatic carbocycles. The zero-order valence-electron chi connectivity index (χ0n) is 24.2. The number of carbonyl (C=O) groups excluding carboxylic acids is 1. The summed E-state index contributed by atoms with van der Waals surface area (Å²) in [5.41, 5.74) is 0.436. The van der Waals surface area contributed by atoms with Gasteiger partial charge < -0.3 is 14.7 Å². The van der Waals surface area contributed by atoms with Crippen LogP contribution in [0.2, 0.25) is 0 Å². The van der Waals surface area contributed by atoms with E-state index in [4.69, 9.17) is 4.74 Å². The van der Waals surface area contributed by atoms with Gasteiger partial charge in [0.1, 0.15) is 11.9 Å². The molecule has 1 N–H and O–H groups in total. The van der Waals surface area contributed by atoms with Gasteiger partial charge in [-0.3, -0.25) is 9.69 Å². The third-order valence-electron chi connectivity index (χ3n) is 10.5. The molecule has 2 unspecified atom stereocenters. The number of amides is 1. The van der Waals surface area contributed by atoms with Gasteiger partial charge in [-0.25, -0.2) is 0 Å². The van der Waals surface area contributed by atoms with Crippen LogP contribution >= 0.6 is 0 Å². The van der Waals surface area contributed by atoms with E-state index in [0.29, 0.717) is 24.9 Å². The normalized spacial score (nSPS) is 31.7. The number of hydrogen-bond acceptors (Lipinski definition) is 4. The molecule has 224 valence electrons. The number of aliphatic hydroxyl groups is 1. The van der Waals surface area contributed by atoms with Crippen molar-refractivity contribution in [3.05, 3.63) is 70.8 Å². The second kappa shape index (κ2) is 9.84. The monoisotopic (exact) mass is 580 g/mol. The van der Waals surface area contributed by atoms with Crippen LogP contribution in [-0.2, 0) is 22.8 Å². The van der Waals surface area contributed by atoms with Crippen molar-refractivity contribution in [2.45, 2.75) is 87.8 Å². The Morgan fingerprint density at radius 1 is 1.17 bits per heavy atom. The summed E-state index contributed by atoms with van der Waals surface area (Å²) >= 11 is 0. The summed E-state index contributed by atoms with van der Waals surface area (Å²) < 4.78 is 46.6. The Bertz CT molecular complexity index is 1420. The maximum atomic E-state index is 13.9. The molecule has 2 aliphatic heterocycles. The molecule has 1 spiro atoms. The molecule has 2 heterocycles. The van der Waals surface area contributed by atoms with Crippen LogP contribution in [0.5, 0.6) is 5.75 Å². The first-order chi connectivity index (χ1) is 20.0. The Hall–Kier alpha value is -2.84. The Labute approximate surface area is 245 Å². The number of likely N-dealkylation sites (tertiary alicyclic amines) is 1. The molecule has 0 radical (unpaired) electrons. The molecule has 42 heavy (non-hydrogen) atoms. The van der Waals surface area contributed by atoms with Gasteiger partial charge in [0.05, 0.1) is 22.6 Å². The highest BCUT2D eigenvalue weighted by atomic mass is 19.4. The topological polar surface area (TPSA) is 53.0 Å². The summed E-state index contributed by atoms with van der Waals surface area (Å²) in [7, 11) is 0. The minimum absolute atomic E-state index is 0.0230. The van der Waals surface area contributed by atoms with Gasteiger partial charge in [-0.2, -0.15) is 13.2 Å². The van der Waals surface area contributed by atoms with Crippen molar-refractivity contribution in [3.63, 3.8) is 0 Å². The Kier molecular flexibility index (Phi) is 6.55. The van der Waals surface area contributed by atoms with E-state index in [-0.39, 0.29) is 30.0 Å². The molecule has 3 fully saturated rings. The minimum atomic E-state index is -4.45. The molecule has 2 aromatic rings. The first-order valence-electron chi connectivity index (χ1n) is 15.4. The lowest BCUT2D eigenvalue weighted by molar-refractivity contribution is -0.201. The Balaban J connectivity index is 1.23. The molecule has 2 aromatic carbocycles. The number of nitrogens with zero attached hydrogens (tertiary/aromatic N) is 2. The number of halogens is 3. The summed E-state index contributed by atoms with van der Waals surface area (Å²) in [6, 6.07) is 11.0. The van der Waals surface area contributed by atoms with Crippen LogP contribution in [-0.4, -0.2) is 64.2 Å². The fraction of sp³-hybridized carbons (Fsp3) is 0.559. The van der Waals surface area contributed by atoms with Crippen molar-refractivity contribution >= 4 is 12.0 Å². The van der Waals surface area contributed by atoms with Gasteiger partial charge in [-0.05, 0) is 92.3 Å². The van der Waals surface area contributed by atoms with E-state index in [1.54, 1.807) is 6.07 Å². The molecule has 0 aromatic heterocycles. The molecule has 1 saturated heterocycles. The fourth-order valence-electron chi connectivity index (χ4n) is 8.61. The highest BCUT2D eigenvalue weighted by molar-refractivity contribution is 5.92. The van der Waals surface area contributed by atoms with Crippen LogP contribution in [0.15, 0.2) is 48.5 Å². The van der Waals surface area contributed by atoms with Crippen LogP contribution in [0.25, 0.3) is 6.08 Å². The average molecular weight is 581 g/mol. The zero-order valence-corrected chi connectivity index (χ0v) is 24.2. The second-order valence-electron chi connectivity index (χ2n) is 13.6. The van der Waals surface area contributed by atoms with Gasteiger partial charge in [-0.1, -0.05) is 38.1 Å². The van der Waals surface area contributed by atoms with Crippen molar-refractivity contribution < 1.29 is 27.8 Å². The summed E-state index contributed by atoms with van der Waals surface area (Å²) in [6.07, 6.45) is 3.34. The summed E-state index contributed by atoms with van der Waals surface area (Å²) in [4.78, 5) is 18.3. The summed E-state index contributed by atoms with van der Waals surface area (Å²) in [6.45, 7) is 6.54. The highest BCUT2D eigenvalue weighted by Crippen LogP contribution is 2.64. The zero-order chi connectivity index (χ0) is 29.4. The number of carbonyl (C=O) groups is 1. The predicted molar refractivity (Wildman–Crippen MR) is 154 cm³/mol. The average Bonchev–Trinajstić information content (AvgIpc) is 3.69. The second-order valence-corrected chi connectivity index (χ2v) is 13.6. The minimum Gasteiger partial charge on any atom is -0.487 e. The number of ether oxygens (including phenoxy) is 1. The van der Waals surface area contributed by atoms with Gasteiger partial charge >= 0.3 is 6.18 Å². The molecule has 2 saturated carbocycles. The van der Waals surface area contributed by atoms with Gasteiger partial charge in [0.15, 0.2) is 0 Å². The van der Waals surface area contributed by atoms with E-state index < -0.39 is 22.8 Å². The molecule has 1 amide bonds. The smallest absolute Gasteiger partial charge is 0.416 e. The number of rotatable bonds is 7. The van der Waals surface area contributed by atoms with E-state index >= 15 is 0 Å². The summed E-state index contributed by atoms with van der Waals surface area (Å²) in [5, 5.41) is 12.7. The van der Waals surface area contributed by atoms with Crippen molar-refractivity contribution in [2.24, 2.45) is 11.8 Å². The lowest BCUT2D eigenvalue weighted by atomic mass is 9.48. The van der Waals surface area contributed by atoms with Crippen molar-refractivity contribution in [1.29, 1.82) is 0 Å². The van der Waals surface area contributed by atoms with Crippen molar-refractivity contribution in [2.75, 3.05) is 19.6 Å². The van der Waals surface area contributed by atoms with E-state index in [2.05, 4.69) is 24.8 Å². The number of alkyl halides is 3. The number of piperidine rings is 1. The van der Waals surface area contributed by atoms with Gasteiger partial charge in [0, 0.05) is 30.8 Å². The molecule has 5 nitrogen and oxygen atoms in total. The third kappa shape index (κ3) is 4.31. The summed E-state index contributed by atoms with van der Waals surface area (Å²) in [5.74, 6) is 1.48. The Morgan fingerprint density at radius 3 is 2.69 bits per heavy atom. The third-order valence-corrected chi connectivity index (χ3v) is 10.5. The van der Waals surface area contributed by atoms with E-state index in [1.165, 1.54) is 36.6 Å². The predicted octanol–water partition coefficient (Wildman–Crippen LogP) is 5.84. The van der Waals surface area contributed by atoms with Crippen LogP contribution in [0.4, 0.5) is 13.2 Å². The van der Waals surface area contributed by atoms with Gasteiger partial charge in [-0.15, -0.1) is 0 Å². The molecule has 5 aliphatic rings. The standard InChI is InChI=1S/C34H39F3N2O3/c1-21(2)19-39(29(40)12-11-22-5-3-7-25(17-22)34(35,36)37)26-13-14-33(41)28-18-24-6-4-8-27-30(24)32(33,31(26)42-27)15-16-38(28)20-23-9-10-23/h3-8,11-12,17,21,23,26,28,31,41H,9-10,13-16,18-20H2,1-2H3/b12-11+/t26?,28-,31?,32+,33-/m1/s1. The largest absolute Gasteiger partial charge is 0.487 e. The van der Waals surface area contributed by atoms with E-state index in [1.807, 2.05) is 17.0 Å². The van der Waals surface area contributed by atoms with Crippen LogP contribution in [0.1, 0.15) is 68.2 Å². The molecular weight excluding hydrogens is 541 g/mol. The van der Waals surface area contributed by atoms with Crippen LogP contribution in [0.3, 0.4) is 0 Å². The SMILES string of the molecule is CC(C)CN(C(=O)/C=C/c1cccc(C(F)(F)F)c1)C1CC[C@@]2(O)[C@H]3Cc4cccc5c4[C@@]2(CCN3CC2CC2)C1O5. The number of benzene rings is 2. The maximum Gasteiger partial charge on any atom is 0.416 e. The van der Waals surface area contributed by atoms with E-state index in [0.717, 1.165) is 55.3 Å². The highest BCUT2D eigenvalue weighted by Gasteiger charge is 2.73. The lowest BCUT2D eigenvalue weighted by Gasteiger charge is -2.65. The quantitative estimate of drug-likeness (QED) is 0.419.